The van der Waals surface area contributed by atoms with Gasteiger partial charge in [0.05, 0.1) is 6.61 Å². The largest absolute Gasteiger partial charge is 0.381 e. The van der Waals surface area contributed by atoms with Crippen molar-refractivity contribution in [3.05, 3.63) is 0 Å². The fourth-order valence-electron chi connectivity index (χ4n) is 1.25. The second-order valence-electron chi connectivity index (χ2n) is 6.21. The molecule has 1 amide bonds. The maximum atomic E-state index is 11.4. The lowest BCUT2D eigenvalue weighted by molar-refractivity contribution is -0.122. The predicted octanol–water partition coefficient (Wildman–Crippen LogP) is 2.99. The van der Waals surface area contributed by atoms with E-state index in [-0.39, 0.29) is 11.3 Å². The molecule has 102 valence electrons. The topological polar surface area (TPSA) is 38.3 Å². The Balaban J connectivity index is 3.35. The third-order valence-corrected chi connectivity index (χ3v) is 2.51. The van der Waals surface area contributed by atoms with Gasteiger partial charge in [0.2, 0.25) is 5.91 Å². The van der Waals surface area contributed by atoms with E-state index < -0.39 is 0 Å². The highest BCUT2D eigenvalue weighted by Crippen LogP contribution is 2.16. The molecule has 3 nitrogen and oxygen atoms in total. The van der Waals surface area contributed by atoms with Crippen molar-refractivity contribution < 1.29 is 9.53 Å². The first-order valence-electron chi connectivity index (χ1n) is 6.66. The second kappa shape index (κ2) is 8.51. The maximum absolute atomic E-state index is 11.4. The number of carbonyl (C=O) groups excluding carboxylic acids is 1. The van der Waals surface area contributed by atoms with Gasteiger partial charge < -0.3 is 10.1 Å². The van der Waals surface area contributed by atoms with Gasteiger partial charge in [-0.15, -0.1) is 0 Å². The van der Waals surface area contributed by atoms with Gasteiger partial charge in [-0.1, -0.05) is 34.6 Å². The fraction of sp³-hybridized carbons (Fsp3) is 0.929. The van der Waals surface area contributed by atoms with Crippen LogP contribution in [0.2, 0.25) is 0 Å². The Morgan fingerprint density at radius 2 is 1.88 bits per heavy atom. The molecule has 0 radical (unpaired) electrons. The Hall–Kier alpha value is -0.570. The van der Waals surface area contributed by atoms with E-state index in [0.717, 1.165) is 26.0 Å². The summed E-state index contributed by atoms with van der Waals surface area (Å²) >= 11 is 0. The van der Waals surface area contributed by atoms with Crippen molar-refractivity contribution in [1.29, 1.82) is 0 Å². The summed E-state index contributed by atoms with van der Waals surface area (Å²) in [6.07, 6.45) is 2.54. The molecule has 0 heterocycles. The second-order valence-corrected chi connectivity index (χ2v) is 6.21. The minimum absolute atomic E-state index is 0.0961. The van der Waals surface area contributed by atoms with Crippen LogP contribution in [0.1, 0.15) is 53.9 Å². The van der Waals surface area contributed by atoms with Gasteiger partial charge in [0.25, 0.3) is 0 Å². The smallest absolute Gasteiger partial charge is 0.222 e. The lowest BCUT2D eigenvalue weighted by Gasteiger charge is -2.18. The highest BCUT2D eigenvalue weighted by atomic mass is 16.5. The van der Waals surface area contributed by atoms with Crippen LogP contribution >= 0.6 is 0 Å². The molecule has 3 heteroatoms. The zero-order valence-electron chi connectivity index (χ0n) is 12.1. The summed E-state index contributed by atoms with van der Waals surface area (Å²) in [5.41, 5.74) is 0.279. The van der Waals surface area contributed by atoms with Crippen LogP contribution < -0.4 is 5.32 Å². The summed E-state index contributed by atoms with van der Waals surface area (Å²) in [5.74, 6) is 0.759. The molecule has 0 fully saturated rings. The van der Waals surface area contributed by atoms with Gasteiger partial charge in [-0.05, 0) is 24.2 Å². The Morgan fingerprint density at radius 1 is 1.24 bits per heavy atom. The quantitative estimate of drug-likeness (QED) is 0.666. The highest BCUT2D eigenvalue weighted by Gasteiger charge is 2.10. The summed E-state index contributed by atoms with van der Waals surface area (Å²) in [7, 11) is 0. The zero-order chi connectivity index (χ0) is 13.3. The van der Waals surface area contributed by atoms with Crippen LogP contribution in [0.15, 0.2) is 0 Å². The Morgan fingerprint density at radius 3 is 2.41 bits per heavy atom. The third-order valence-electron chi connectivity index (χ3n) is 2.51. The van der Waals surface area contributed by atoms with Crippen molar-refractivity contribution in [1.82, 2.24) is 5.32 Å². The average Bonchev–Trinajstić information content (AvgIpc) is 2.14. The molecule has 0 aliphatic heterocycles. The fourth-order valence-corrected chi connectivity index (χ4v) is 1.25. The van der Waals surface area contributed by atoms with Gasteiger partial charge in [0.1, 0.15) is 0 Å². The van der Waals surface area contributed by atoms with Crippen molar-refractivity contribution in [3.8, 4) is 0 Å². The van der Waals surface area contributed by atoms with Crippen LogP contribution in [0.5, 0.6) is 0 Å². The average molecular weight is 243 g/mol. The maximum Gasteiger partial charge on any atom is 0.222 e. The molecule has 17 heavy (non-hydrogen) atoms. The van der Waals surface area contributed by atoms with Crippen LogP contribution in [0.4, 0.5) is 0 Å². The highest BCUT2D eigenvalue weighted by molar-refractivity contribution is 5.75. The number of carbonyl (C=O) groups is 1. The molecule has 0 saturated carbocycles. The van der Waals surface area contributed by atoms with E-state index in [9.17, 15) is 4.79 Å². The third kappa shape index (κ3) is 13.4. The molecule has 0 aromatic carbocycles. The molecule has 0 unspecified atom stereocenters. The molecule has 0 aliphatic rings. The Bertz CT molecular complexity index is 207. The number of hydrogen-bond acceptors (Lipinski definition) is 2. The van der Waals surface area contributed by atoms with Crippen LogP contribution in [0.25, 0.3) is 0 Å². The van der Waals surface area contributed by atoms with Crippen molar-refractivity contribution in [3.63, 3.8) is 0 Å². The van der Waals surface area contributed by atoms with E-state index in [1.54, 1.807) is 0 Å². The first-order valence-corrected chi connectivity index (χ1v) is 6.66. The lowest BCUT2D eigenvalue weighted by Crippen LogP contribution is -2.28. The predicted molar refractivity (Wildman–Crippen MR) is 72.0 cm³/mol. The number of hydrogen-bond donors (Lipinski definition) is 1. The van der Waals surface area contributed by atoms with Crippen LogP contribution in [-0.2, 0) is 9.53 Å². The van der Waals surface area contributed by atoms with Crippen molar-refractivity contribution in [2.45, 2.75) is 53.9 Å². The summed E-state index contributed by atoms with van der Waals surface area (Å²) in [6, 6.07) is 0. The monoisotopic (exact) mass is 243 g/mol. The van der Waals surface area contributed by atoms with Gasteiger partial charge in [-0.3, -0.25) is 4.79 Å². The standard InChI is InChI=1S/C14H29NO2/c1-12(2)6-10-17-11-7-13(16)15-9-8-14(3,4)5/h12H,6-11H2,1-5H3,(H,15,16). The summed E-state index contributed by atoms with van der Waals surface area (Å²) in [4.78, 5) is 11.4. The molecule has 0 aliphatic carbocycles. The summed E-state index contributed by atoms with van der Waals surface area (Å²) < 4.78 is 5.40. The number of amides is 1. The van der Waals surface area contributed by atoms with Crippen LogP contribution in [-0.4, -0.2) is 25.7 Å². The molecule has 0 atom stereocenters. The minimum Gasteiger partial charge on any atom is -0.381 e. The Labute approximate surface area is 106 Å². The summed E-state index contributed by atoms with van der Waals surface area (Å²) in [6.45, 7) is 12.9. The van der Waals surface area contributed by atoms with Gasteiger partial charge in [-0.25, -0.2) is 0 Å². The number of nitrogens with one attached hydrogen (secondary N) is 1. The van der Waals surface area contributed by atoms with Crippen LogP contribution in [0.3, 0.4) is 0 Å². The van der Waals surface area contributed by atoms with E-state index in [1.165, 1.54) is 0 Å². The SMILES string of the molecule is CC(C)CCOCCC(=O)NCCC(C)(C)C. The van der Waals surface area contributed by atoms with Gasteiger partial charge >= 0.3 is 0 Å². The van der Waals surface area contributed by atoms with Crippen molar-refractivity contribution in [2.75, 3.05) is 19.8 Å². The molecule has 0 saturated heterocycles. The molecular formula is C14H29NO2. The molecule has 0 aromatic heterocycles. The van der Waals surface area contributed by atoms with E-state index in [0.29, 0.717) is 18.9 Å². The molecule has 0 rings (SSSR count). The van der Waals surface area contributed by atoms with Crippen LogP contribution in [0, 0.1) is 11.3 Å². The first kappa shape index (κ1) is 16.4. The van der Waals surface area contributed by atoms with Gasteiger partial charge in [0, 0.05) is 19.6 Å². The van der Waals surface area contributed by atoms with E-state index in [2.05, 4.69) is 39.9 Å². The molecule has 1 N–H and O–H groups in total. The molecule has 0 spiro atoms. The van der Waals surface area contributed by atoms with E-state index in [4.69, 9.17) is 4.74 Å². The van der Waals surface area contributed by atoms with Crippen molar-refractivity contribution in [2.24, 2.45) is 11.3 Å². The number of ether oxygens (including phenoxy) is 1. The van der Waals surface area contributed by atoms with E-state index >= 15 is 0 Å². The molecule has 0 aromatic rings. The van der Waals surface area contributed by atoms with Gasteiger partial charge in [0.15, 0.2) is 0 Å². The zero-order valence-corrected chi connectivity index (χ0v) is 12.1. The summed E-state index contributed by atoms with van der Waals surface area (Å²) in [5, 5.41) is 2.92. The van der Waals surface area contributed by atoms with E-state index in [1.807, 2.05) is 0 Å². The van der Waals surface area contributed by atoms with Gasteiger partial charge in [-0.2, -0.15) is 0 Å². The molecular weight excluding hydrogens is 214 g/mol. The minimum atomic E-state index is 0.0961. The molecule has 0 bridgehead atoms. The normalized spacial score (nSPS) is 11.9. The lowest BCUT2D eigenvalue weighted by atomic mass is 9.92. The Kier molecular flexibility index (Phi) is 8.23. The van der Waals surface area contributed by atoms with Crippen molar-refractivity contribution >= 4 is 5.91 Å². The first-order chi connectivity index (χ1) is 7.81. The number of rotatable bonds is 8.